The van der Waals surface area contributed by atoms with Gasteiger partial charge in [0.2, 0.25) is 5.91 Å². The van der Waals surface area contributed by atoms with E-state index in [-0.39, 0.29) is 5.91 Å². The Labute approximate surface area is 94.8 Å². The minimum Gasteiger partial charge on any atom is -0.356 e. The van der Waals surface area contributed by atoms with Gasteiger partial charge in [0.05, 0.1) is 0 Å². The van der Waals surface area contributed by atoms with Crippen molar-refractivity contribution in [3.8, 4) is 0 Å². The van der Waals surface area contributed by atoms with E-state index in [0.29, 0.717) is 12.3 Å². The highest BCUT2D eigenvalue weighted by Crippen LogP contribution is 2.03. The lowest BCUT2D eigenvalue weighted by atomic mass is 10.1. The van der Waals surface area contributed by atoms with Gasteiger partial charge in [0.15, 0.2) is 0 Å². The molecule has 0 bridgehead atoms. The van der Waals surface area contributed by atoms with Crippen molar-refractivity contribution in [2.24, 2.45) is 5.92 Å². The van der Waals surface area contributed by atoms with Crippen molar-refractivity contribution in [2.45, 2.75) is 65.7 Å². The molecule has 0 spiro atoms. The largest absolute Gasteiger partial charge is 0.356 e. The summed E-state index contributed by atoms with van der Waals surface area (Å²) in [5.74, 6) is 0.847. The Hall–Kier alpha value is -0.530. The second kappa shape index (κ2) is 10.0. The molecule has 0 heterocycles. The van der Waals surface area contributed by atoms with Crippen molar-refractivity contribution >= 4 is 5.91 Å². The van der Waals surface area contributed by atoms with Crippen LogP contribution in [0.5, 0.6) is 0 Å². The van der Waals surface area contributed by atoms with Crippen LogP contribution in [-0.2, 0) is 4.79 Å². The van der Waals surface area contributed by atoms with Crippen molar-refractivity contribution in [1.82, 2.24) is 5.32 Å². The highest BCUT2D eigenvalue weighted by molar-refractivity contribution is 5.75. The van der Waals surface area contributed by atoms with Crippen molar-refractivity contribution in [1.29, 1.82) is 0 Å². The molecule has 0 atom stereocenters. The van der Waals surface area contributed by atoms with Gasteiger partial charge in [-0.25, -0.2) is 0 Å². The molecule has 1 amide bonds. The number of carbonyl (C=O) groups is 1. The summed E-state index contributed by atoms with van der Waals surface area (Å²) in [7, 11) is 0. The summed E-state index contributed by atoms with van der Waals surface area (Å²) < 4.78 is 0. The van der Waals surface area contributed by atoms with Crippen molar-refractivity contribution in [3.05, 3.63) is 0 Å². The number of nitrogens with one attached hydrogen (secondary N) is 1. The second-order valence-electron chi connectivity index (χ2n) is 4.70. The standard InChI is InChI=1S/C13H27NO/c1-4-5-6-7-8-11-14-13(15)10-9-12(2)3/h12H,4-11H2,1-3H3,(H,14,15). The number of rotatable bonds is 9. The summed E-state index contributed by atoms with van der Waals surface area (Å²) in [5.41, 5.74) is 0. The van der Waals surface area contributed by atoms with E-state index >= 15 is 0 Å². The Kier molecular flexibility index (Phi) is 9.65. The fourth-order valence-corrected chi connectivity index (χ4v) is 1.46. The minimum absolute atomic E-state index is 0.221. The molecular formula is C13H27NO. The maximum Gasteiger partial charge on any atom is 0.220 e. The fraction of sp³-hybridized carbons (Fsp3) is 0.923. The lowest BCUT2D eigenvalue weighted by Gasteiger charge is -2.06. The normalized spacial score (nSPS) is 10.7. The highest BCUT2D eigenvalue weighted by atomic mass is 16.1. The minimum atomic E-state index is 0.221. The summed E-state index contributed by atoms with van der Waals surface area (Å²) in [6.45, 7) is 7.38. The van der Waals surface area contributed by atoms with Crippen LogP contribution in [-0.4, -0.2) is 12.5 Å². The molecule has 0 aromatic carbocycles. The first-order valence-corrected chi connectivity index (χ1v) is 6.43. The molecule has 1 N–H and O–H groups in total. The molecule has 0 aliphatic carbocycles. The first kappa shape index (κ1) is 14.5. The van der Waals surface area contributed by atoms with Crippen molar-refractivity contribution in [3.63, 3.8) is 0 Å². The van der Waals surface area contributed by atoms with Gasteiger partial charge in [-0.05, 0) is 18.8 Å². The molecule has 2 nitrogen and oxygen atoms in total. The number of hydrogen-bond donors (Lipinski definition) is 1. The number of unbranched alkanes of at least 4 members (excludes halogenated alkanes) is 4. The Bertz CT molecular complexity index is 155. The SMILES string of the molecule is CCCCCCCNC(=O)CCC(C)C. The highest BCUT2D eigenvalue weighted by Gasteiger charge is 2.01. The average Bonchev–Trinajstić information content (AvgIpc) is 2.20. The Morgan fingerprint density at radius 2 is 1.80 bits per heavy atom. The summed E-state index contributed by atoms with van der Waals surface area (Å²) in [6.07, 6.45) is 7.97. The molecule has 15 heavy (non-hydrogen) atoms. The molecular weight excluding hydrogens is 186 g/mol. The van der Waals surface area contributed by atoms with Gasteiger partial charge in [-0.3, -0.25) is 4.79 Å². The van der Waals surface area contributed by atoms with E-state index in [4.69, 9.17) is 0 Å². The molecule has 0 fully saturated rings. The summed E-state index contributed by atoms with van der Waals surface area (Å²) in [5, 5.41) is 2.98. The monoisotopic (exact) mass is 213 g/mol. The lowest BCUT2D eigenvalue weighted by Crippen LogP contribution is -2.24. The molecule has 0 aromatic rings. The van der Waals surface area contributed by atoms with Gasteiger partial charge in [-0.2, -0.15) is 0 Å². The molecule has 0 saturated heterocycles. The third-order valence-corrected chi connectivity index (χ3v) is 2.55. The van der Waals surface area contributed by atoms with Crippen LogP contribution in [0, 0.1) is 5.92 Å². The molecule has 2 heteroatoms. The molecule has 0 unspecified atom stereocenters. The Balaban J connectivity index is 3.17. The molecule has 0 saturated carbocycles. The summed E-state index contributed by atoms with van der Waals surface area (Å²) >= 11 is 0. The van der Waals surface area contributed by atoms with Crippen LogP contribution in [0.4, 0.5) is 0 Å². The molecule has 0 rings (SSSR count). The van der Waals surface area contributed by atoms with Crippen LogP contribution in [0.15, 0.2) is 0 Å². The molecule has 0 aliphatic rings. The van der Waals surface area contributed by atoms with Crippen molar-refractivity contribution in [2.75, 3.05) is 6.54 Å². The lowest BCUT2D eigenvalue weighted by molar-refractivity contribution is -0.121. The topological polar surface area (TPSA) is 29.1 Å². The van der Waals surface area contributed by atoms with Gasteiger partial charge >= 0.3 is 0 Å². The van der Waals surface area contributed by atoms with Gasteiger partial charge in [-0.15, -0.1) is 0 Å². The van der Waals surface area contributed by atoms with Gasteiger partial charge in [0.25, 0.3) is 0 Å². The van der Waals surface area contributed by atoms with Gasteiger partial charge in [0.1, 0.15) is 0 Å². The van der Waals surface area contributed by atoms with E-state index in [2.05, 4.69) is 26.1 Å². The number of carbonyl (C=O) groups excluding carboxylic acids is 1. The second-order valence-corrected chi connectivity index (χ2v) is 4.70. The van der Waals surface area contributed by atoms with E-state index in [1.54, 1.807) is 0 Å². The van der Waals surface area contributed by atoms with Gasteiger partial charge in [0, 0.05) is 13.0 Å². The predicted molar refractivity (Wildman–Crippen MR) is 65.8 cm³/mol. The average molecular weight is 213 g/mol. The van der Waals surface area contributed by atoms with Crippen molar-refractivity contribution < 1.29 is 4.79 Å². The van der Waals surface area contributed by atoms with Crippen LogP contribution < -0.4 is 5.32 Å². The van der Waals surface area contributed by atoms with E-state index < -0.39 is 0 Å². The zero-order valence-corrected chi connectivity index (χ0v) is 10.6. The zero-order valence-electron chi connectivity index (χ0n) is 10.6. The number of hydrogen-bond acceptors (Lipinski definition) is 1. The van der Waals surface area contributed by atoms with E-state index in [9.17, 15) is 4.79 Å². The molecule has 0 aliphatic heterocycles. The summed E-state index contributed by atoms with van der Waals surface area (Å²) in [4.78, 5) is 11.3. The van der Waals surface area contributed by atoms with Crippen LogP contribution in [0.25, 0.3) is 0 Å². The van der Waals surface area contributed by atoms with Crippen LogP contribution >= 0.6 is 0 Å². The summed E-state index contributed by atoms with van der Waals surface area (Å²) in [6, 6.07) is 0. The van der Waals surface area contributed by atoms with Gasteiger partial charge < -0.3 is 5.32 Å². The van der Waals surface area contributed by atoms with Gasteiger partial charge in [-0.1, -0.05) is 46.5 Å². The molecule has 90 valence electrons. The zero-order chi connectivity index (χ0) is 11.5. The van der Waals surface area contributed by atoms with Crippen LogP contribution in [0.3, 0.4) is 0 Å². The quantitative estimate of drug-likeness (QED) is 0.583. The predicted octanol–water partition coefficient (Wildman–Crippen LogP) is 3.51. The third kappa shape index (κ3) is 11.4. The molecule has 0 aromatic heterocycles. The fourth-order valence-electron chi connectivity index (χ4n) is 1.46. The van der Waals surface area contributed by atoms with Crippen LogP contribution in [0.1, 0.15) is 65.7 Å². The first-order chi connectivity index (χ1) is 7.16. The third-order valence-electron chi connectivity index (χ3n) is 2.55. The Morgan fingerprint density at radius 3 is 2.40 bits per heavy atom. The smallest absolute Gasteiger partial charge is 0.220 e. The van der Waals surface area contributed by atoms with E-state index in [1.165, 1.54) is 25.7 Å². The maximum atomic E-state index is 11.3. The van der Waals surface area contributed by atoms with Crippen LogP contribution in [0.2, 0.25) is 0 Å². The number of amides is 1. The van der Waals surface area contributed by atoms with E-state index in [1.807, 2.05) is 0 Å². The maximum absolute atomic E-state index is 11.3. The Morgan fingerprint density at radius 1 is 1.13 bits per heavy atom. The first-order valence-electron chi connectivity index (χ1n) is 6.43. The van der Waals surface area contributed by atoms with E-state index in [0.717, 1.165) is 19.4 Å². The molecule has 0 radical (unpaired) electrons.